The fourth-order valence-electron chi connectivity index (χ4n) is 2.20. The minimum Gasteiger partial charge on any atom is -0.323 e. The highest BCUT2D eigenvalue weighted by Crippen LogP contribution is 2.27. The maximum absolute atomic E-state index is 12.0. The number of aromatic nitrogens is 1. The molecule has 1 N–H and O–H groups in total. The van der Waals surface area contributed by atoms with Gasteiger partial charge in [0.05, 0.1) is 5.69 Å². The van der Waals surface area contributed by atoms with Gasteiger partial charge in [0.1, 0.15) is 5.15 Å². The van der Waals surface area contributed by atoms with Crippen LogP contribution in [0.15, 0.2) is 17.7 Å². The topological polar surface area (TPSA) is 42.0 Å². The molecule has 0 spiro atoms. The van der Waals surface area contributed by atoms with Crippen LogP contribution in [0.2, 0.25) is 10.3 Å². The van der Waals surface area contributed by atoms with E-state index in [0.29, 0.717) is 17.3 Å². The maximum atomic E-state index is 12.0. The molecule has 3 nitrogen and oxygen atoms in total. The zero-order valence-corrected chi connectivity index (χ0v) is 12.3. The average molecular weight is 299 g/mol. The number of allylic oxidation sites excluding steroid dienone is 1. The van der Waals surface area contributed by atoms with Crippen molar-refractivity contribution in [1.29, 1.82) is 0 Å². The molecule has 0 atom stereocenters. The number of carbonyl (C=O) groups excluding carboxylic acids is 1. The second kappa shape index (κ2) is 6.40. The number of hydrogen-bond donors (Lipinski definition) is 1. The largest absolute Gasteiger partial charge is 0.323 e. The van der Waals surface area contributed by atoms with Crippen molar-refractivity contribution in [1.82, 2.24) is 4.98 Å². The highest BCUT2D eigenvalue weighted by atomic mass is 35.5. The molecule has 0 bridgehead atoms. The van der Waals surface area contributed by atoms with Crippen molar-refractivity contribution in [3.63, 3.8) is 0 Å². The first-order valence-corrected chi connectivity index (χ1v) is 7.12. The highest BCUT2D eigenvalue weighted by Gasteiger charge is 2.13. The number of pyridine rings is 1. The van der Waals surface area contributed by atoms with Crippen molar-refractivity contribution in [3.05, 3.63) is 33.6 Å². The molecule has 1 aromatic rings. The zero-order chi connectivity index (χ0) is 13.8. The molecule has 1 aliphatic rings. The number of anilines is 1. The summed E-state index contributed by atoms with van der Waals surface area (Å²) in [6.45, 7) is 1.84. The van der Waals surface area contributed by atoms with Crippen LogP contribution in [0, 0.1) is 6.92 Å². The van der Waals surface area contributed by atoms with Crippen LogP contribution in [0.5, 0.6) is 0 Å². The predicted molar refractivity (Wildman–Crippen MR) is 78.8 cm³/mol. The fraction of sp³-hybridized carbons (Fsp3) is 0.429. The quantitative estimate of drug-likeness (QED) is 0.658. The summed E-state index contributed by atoms with van der Waals surface area (Å²) in [5.74, 6) is -0.0535. The molecular formula is C14H16Cl2N2O. The molecule has 0 aliphatic heterocycles. The lowest BCUT2D eigenvalue weighted by Gasteiger charge is -2.14. The van der Waals surface area contributed by atoms with E-state index in [1.165, 1.54) is 18.4 Å². The third-order valence-corrected chi connectivity index (χ3v) is 3.65. The molecule has 102 valence electrons. The van der Waals surface area contributed by atoms with Crippen LogP contribution >= 0.6 is 23.2 Å². The minimum atomic E-state index is -0.0535. The Kier molecular flexibility index (Phi) is 4.83. The van der Waals surface area contributed by atoms with Crippen molar-refractivity contribution in [3.8, 4) is 0 Å². The van der Waals surface area contributed by atoms with Gasteiger partial charge in [-0.05, 0) is 44.2 Å². The average Bonchev–Trinajstić information content (AvgIpc) is 2.35. The number of nitrogens with one attached hydrogen (secondary N) is 1. The van der Waals surface area contributed by atoms with Gasteiger partial charge in [0.25, 0.3) is 0 Å². The Morgan fingerprint density at radius 3 is 2.84 bits per heavy atom. The third-order valence-electron chi connectivity index (χ3n) is 3.18. The first kappa shape index (κ1) is 14.4. The summed E-state index contributed by atoms with van der Waals surface area (Å²) in [5.41, 5.74) is 2.57. The monoisotopic (exact) mass is 298 g/mol. The van der Waals surface area contributed by atoms with E-state index in [-0.39, 0.29) is 11.1 Å². The summed E-state index contributed by atoms with van der Waals surface area (Å²) in [6.07, 6.45) is 7.07. The summed E-state index contributed by atoms with van der Waals surface area (Å²) in [4.78, 5) is 15.9. The first-order chi connectivity index (χ1) is 9.06. The molecule has 0 aromatic carbocycles. The number of halogens is 2. The van der Waals surface area contributed by atoms with E-state index in [1.807, 2.05) is 6.92 Å². The summed E-state index contributed by atoms with van der Waals surface area (Å²) in [6, 6.07) is 1.68. The van der Waals surface area contributed by atoms with Crippen LogP contribution in [0.1, 0.15) is 37.7 Å². The molecule has 19 heavy (non-hydrogen) atoms. The second-order valence-corrected chi connectivity index (χ2v) is 5.51. The summed E-state index contributed by atoms with van der Waals surface area (Å²) in [5, 5.41) is 3.38. The van der Waals surface area contributed by atoms with Gasteiger partial charge < -0.3 is 5.32 Å². The lowest BCUT2D eigenvalue weighted by atomic mass is 9.97. The van der Waals surface area contributed by atoms with Gasteiger partial charge in [-0.3, -0.25) is 4.79 Å². The normalized spacial score (nSPS) is 15.0. The summed E-state index contributed by atoms with van der Waals surface area (Å²) < 4.78 is 0. The Balaban J connectivity index is 2.04. The van der Waals surface area contributed by atoms with Gasteiger partial charge in [0.2, 0.25) is 5.91 Å². The second-order valence-electron chi connectivity index (χ2n) is 4.76. The van der Waals surface area contributed by atoms with Crippen molar-refractivity contribution < 1.29 is 4.79 Å². The van der Waals surface area contributed by atoms with Crippen LogP contribution in [0.25, 0.3) is 0 Å². The van der Waals surface area contributed by atoms with Crippen molar-refractivity contribution in [2.24, 2.45) is 0 Å². The lowest BCUT2D eigenvalue weighted by molar-refractivity contribution is -0.115. The molecule has 0 unspecified atom stereocenters. The van der Waals surface area contributed by atoms with Gasteiger partial charge >= 0.3 is 0 Å². The maximum Gasteiger partial charge on any atom is 0.228 e. The fourth-order valence-corrected chi connectivity index (χ4v) is 2.78. The van der Waals surface area contributed by atoms with Crippen LogP contribution < -0.4 is 5.32 Å². The van der Waals surface area contributed by atoms with Gasteiger partial charge in [-0.2, -0.15) is 0 Å². The molecule has 1 amide bonds. The van der Waals surface area contributed by atoms with E-state index in [0.717, 1.165) is 18.4 Å². The van der Waals surface area contributed by atoms with Gasteiger partial charge in [0, 0.05) is 6.42 Å². The Morgan fingerprint density at radius 2 is 2.21 bits per heavy atom. The highest BCUT2D eigenvalue weighted by molar-refractivity contribution is 6.34. The van der Waals surface area contributed by atoms with Gasteiger partial charge in [0.15, 0.2) is 5.15 Å². The number of aryl methyl sites for hydroxylation is 1. The van der Waals surface area contributed by atoms with Gasteiger partial charge in [-0.15, -0.1) is 0 Å². The SMILES string of the molecule is Cc1cc(Cl)nc(Cl)c1NC(=O)CC1=CCCCC1. The number of carbonyl (C=O) groups is 1. The Morgan fingerprint density at radius 1 is 1.42 bits per heavy atom. The molecule has 1 aromatic heterocycles. The molecule has 0 fully saturated rings. The van der Waals surface area contributed by atoms with Crippen LogP contribution in [0.4, 0.5) is 5.69 Å². The van der Waals surface area contributed by atoms with E-state index < -0.39 is 0 Å². The van der Waals surface area contributed by atoms with E-state index in [4.69, 9.17) is 23.2 Å². The lowest BCUT2D eigenvalue weighted by Crippen LogP contribution is -2.14. The number of hydrogen-bond acceptors (Lipinski definition) is 2. The van der Waals surface area contributed by atoms with E-state index in [9.17, 15) is 4.79 Å². The molecular weight excluding hydrogens is 283 g/mol. The Bertz CT molecular complexity index is 503. The first-order valence-electron chi connectivity index (χ1n) is 6.36. The molecule has 0 saturated heterocycles. The van der Waals surface area contributed by atoms with Crippen molar-refractivity contribution in [2.45, 2.75) is 39.0 Å². The number of rotatable bonds is 3. The Hall–Kier alpha value is -1.06. The standard InChI is InChI=1S/C14H16Cl2N2O/c1-9-7-11(15)17-14(16)13(9)18-12(19)8-10-5-3-2-4-6-10/h5,7H,2-4,6,8H2,1H3,(H,18,19). The van der Waals surface area contributed by atoms with Gasteiger partial charge in [-0.25, -0.2) is 4.98 Å². The third kappa shape index (κ3) is 3.95. The van der Waals surface area contributed by atoms with E-state index in [1.54, 1.807) is 6.07 Å². The Labute approximate surface area is 123 Å². The van der Waals surface area contributed by atoms with Gasteiger partial charge in [-0.1, -0.05) is 34.9 Å². The molecule has 1 aliphatic carbocycles. The predicted octanol–water partition coefficient (Wildman–Crippen LogP) is 4.53. The number of amides is 1. The van der Waals surface area contributed by atoms with Crippen LogP contribution in [0.3, 0.4) is 0 Å². The van der Waals surface area contributed by atoms with Crippen LogP contribution in [-0.4, -0.2) is 10.9 Å². The van der Waals surface area contributed by atoms with E-state index in [2.05, 4.69) is 16.4 Å². The molecule has 2 rings (SSSR count). The molecule has 1 heterocycles. The zero-order valence-electron chi connectivity index (χ0n) is 10.8. The molecule has 0 radical (unpaired) electrons. The smallest absolute Gasteiger partial charge is 0.228 e. The van der Waals surface area contributed by atoms with Crippen molar-refractivity contribution in [2.75, 3.05) is 5.32 Å². The number of nitrogens with zero attached hydrogens (tertiary/aromatic N) is 1. The van der Waals surface area contributed by atoms with Crippen molar-refractivity contribution >= 4 is 34.8 Å². The van der Waals surface area contributed by atoms with Crippen LogP contribution in [-0.2, 0) is 4.79 Å². The van der Waals surface area contributed by atoms with E-state index >= 15 is 0 Å². The molecule has 5 heteroatoms. The summed E-state index contributed by atoms with van der Waals surface area (Å²) in [7, 11) is 0. The summed E-state index contributed by atoms with van der Waals surface area (Å²) >= 11 is 11.8. The molecule has 0 saturated carbocycles. The minimum absolute atomic E-state index is 0.0535.